The molecule has 0 saturated heterocycles. The molecule has 1 nitrogen and oxygen atoms in total. The largest absolute Gasteiger partial charge is 0.310 e. The summed E-state index contributed by atoms with van der Waals surface area (Å²) in [6.07, 6.45) is 6.81. The predicted octanol–water partition coefficient (Wildman–Crippen LogP) is 4.54. The highest BCUT2D eigenvalue weighted by atomic mass is 32.2. The highest BCUT2D eigenvalue weighted by molar-refractivity contribution is 7.98. The smallest absolute Gasteiger partial charge is 0.130 e. The molecular formula is C15H23F2NS. The number of rotatable bonds is 9. The molecule has 108 valence electrons. The Hall–Kier alpha value is -0.610. The average Bonchev–Trinajstić information content (AvgIpc) is 2.37. The summed E-state index contributed by atoms with van der Waals surface area (Å²) in [5, 5.41) is 3.19. The molecule has 0 radical (unpaired) electrons. The van der Waals surface area contributed by atoms with Crippen LogP contribution in [0, 0.1) is 11.6 Å². The van der Waals surface area contributed by atoms with E-state index < -0.39 is 11.6 Å². The van der Waals surface area contributed by atoms with E-state index in [0.29, 0.717) is 0 Å². The van der Waals surface area contributed by atoms with Crippen molar-refractivity contribution in [3.8, 4) is 0 Å². The molecule has 1 rings (SSSR count). The van der Waals surface area contributed by atoms with Crippen LogP contribution in [0.4, 0.5) is 8.78 Å². The molecule has 1 N–H and O–H groups in total. The molecular weight excluding hydrogens is 264 g/mol. The molecule has 0 heterocycles. The summed E-state index contributed by atoms with van der Waals surface area (Å²) in [6.45, 7) is 2.60. The van der Waals surface area contributed by atoms with Crippen LogP contribution in [0.1, 0.15) is 44.2 Å². The van der Waals surface area contributed by atoms with Crippen LogP contribution in [0.25, 0.3) is 0 Å². The minimum atomic E-state index is -0.472. The first-order chi connectivity index (χ1) is 9.16. The maximum absolute atomic E-state index is 13.5. The third kappa shape index (κ3) is 5.91. The van der Waals surface area contributed by atoms with Gasteiger partial charge >= 0.3 is 0 Å². The lowest BCUT2D eigenvalue weighted by molar-refractivity contribution is 0.478. The molecule has 1 atom stereocenters. The Morgan fingerprint density at radius 2 is 1.74 bits per heavy atom. The van der Waals surface area contributed by atoms with Gasteiger partial charge < -0.3 is 5.32 Å². The summed E-state index contributed by atoms with van der Waals surface area (Å²) < 4.78 is 27.1. The van der Waals surface area contributed by atoms with Crippen molar-refractivity contribution in [2.75, 3.05) is 18.6 Å². The minimum absolute atomic E-state index is 0.143. The third-order valence-electron chi connectivity index (χ3n) is 3.16. The Balaban J connectivity index is 2.26. The molecule has 19 heavy (non-hydrogen) atoms. The first-order valence-corrected chi connectivity index (χ1v) is 8.22. The molecule has 0 saturated carbocycles. The van der Waals surface area contributed by atoms with Crippen molar-refractivity contribution in [3.05, 3.63) is 35.4 Å². The number of benzene rings is 1. The first-order valence-electron chi connectivity index (χ1n) is 6.83. The van der Waals surface area contributed by atoms with E-state index in [1.165, 1.54) is 43.2 Å². The first kappa shape index (κ1) is 16.4. The van der Waals surface area contributed by atoms with E-state index >= 15 is 0 Å². The summed E-state index contributed by atoms with van der Waals surface area (Å²) in [5.74, 6) is 0.268. The summed E-state index contributed by atoms with van der Waals surface area (Å²) in [4.78, 5) is 0. The lowest BCUT2D eigenvalue weighted by Gasteiger charge is -2.15. The number of unbranched alkanes of at least 4 members (excludes halogenated alkanes) is 3. The van der Waals surface area contributed by atoms with Crippen molar-refractivity contribution in [3.63, 3.8) is 0 Å². The third-order valence-corrected chi connectivity index (χ3v) is 3.86. The Bertz CT molecular complexity index is 351. The number of hydrogen-bond acceptors (Lipinski definition) is 2. The molecule has 0 aliphatic rings. The second-order valence-electron chi connectivity index (χ2n) is 4.72. The average molecular weight is 287 g/mol. The van der Waals surface area contributed by atoms with Gasteiger partial charge in [-0.3, -0.25) is 0 Å². The van der Waals surface area contributed by atoms with Gasteiger partial charge in [-0.05, 0) is 50.5 Å². The van der Waals surface area contributed by atoms with Crippen LogP contribution in [-0.2, 0) is 0 Å². The summed E-state index contributed by atoms with van der Waals surface area (Å²) in [5.41, 5.74) is 0.143. The van der Waals surface area contributed by atoms with Gasteiger partial charge in [-0.25, -0.2) is 8.78 Å². The molecule has 0 aromatic heterocycles. The predicted molar refractivity (Wildman–Crippen MR) is 79.6 cm³/mol. The monoisotopic (exact) mass is 287 g/mol. The van der Waals surface area contributed by atoms with Crippen molar-refractivity contribution in [1.82, 2.24) is 5.32 Å². The van der Waals surface area contributed by atoms with Crippen LogP contribution in [-0.4, -0.2) is 18.6 Å². The topological polar surface area (TPSA) is 12.0 Å². The molecule has 0 spiro atoms. The van der Waals surface area contributed by atoms with Crippen LogP contribution in [0.5, 0.6) is 0 Å². The zero-order valence-corrected chi connectivity index (χ0v) is 12.5. The van der Waals surface area contributed by atoms with Gasteiger partial charge in [0.05, 0.1) is 0 Å². The Labute approximate surface area is 119 Å². The fraction of sp³-hybridized carbons (Fsp3) is 0.600. The second kappa shape index (κ2) is 9.32. The molecule has 1 unspecified atom stereocenters. The summed E-state index contributed by atoms with van der Waals surface area (Å²) >= 11 is 1.87. The van der Waals surface area contributed by atoms with Crippen LogP contribution >= 0.6 is 11.8 Å². The number of hydrogen-bond donors (Lipinski definition) is 1. The zero-order chi connectivity index (χ0) is 14.1. The molecule has 0 aliphatic heterocycles. The van der Waals surface area contributed by atoms with Crippen LogP contribution in [0.15, 0.2) is 18.2 Å². The van der Waals surface area contributed by atoms with Gasteiger partial charge in [0.25, 0.3) is 0 Å². The normalized spacial score (nSPS) is 12.6. The Morgan fingerprint density at radius 1 is 1.11 bits per heavy atom. The van der Waals surface area contributed by atoms with E-state index in [1.807, 2.05) is 11.8 Å². The van der Waals surface area contributed by atoms with E-state index in [0.717, 1.165) is 13.0 Å². The zero-order valence-electron chi connectivity index (χ0n) is 11.7. The molecule has 0 fully saturated rings. The highest BCUT2D eigenvalue weighted by Gasteiger charge is 2.14. The molecule has 1 aromatic carbocycles. The van der Waals surface area contributed by atoms with Gasteiger partial charge in [-0.1, -0.05) is 18.9 Å². The van der Waals surface area contributed by atoms with E-state index in [9.17, 15) is 8.78 Å². The van der Waals surface area contributed by atoms with Crippen molar-refractivity contribution >= 4 is 11.8 Å². The fourth-order valence-corrected chi connectivity index (χ4v) is 2.56. The molecule has 4 heteroatoms. The molecule has 0 bridgehead atoms. The molecule has 1 aromatic rings. The van der Waals surface area contributed by atoms with E-state index in [4.69, 9.17) is 0 Å². The van der Waals surface area contributed by atoms with Crippen LogP contribution in [0.2, 0.25) is 0 Å². The maximum atomic E-state index is 13.5. The standard InChI is InChI=1S/C15H23F2NS/c1-12(15-13(16)8-7-9-14(15)17)18-10-5-3-4-6-11-19-2/h7-9,12,18H,3-6,10-11H2,1-2H3. The number of nitrogens with one attached hydrogen (secondary N) is 1. The van der Waals surface area contributed by atoms with Crippen molar-refractivity contribution < 1.29 is 8.78 Å². The summed E-state index contributed by atoms with van der Waals surface area (Å²) in [6, 6.07) is 3.72. The lowest BCUT2D eigenvalue weighted by Crippen LogP contribution is -2.21. The Morgan fingerprint density at radius 3 is 2.37 bits per heavy atom. The van der Waals surface area contributed by atoms with Crippen molar-refractivity contribution in [2.45, 2.75) is 38.6 Å². The number of halogens is 2. The Kier molecular flexibility index (Phi) is 8.07. The lowest BCUT2D eigenvalue weighted by atomic mass is 10.1. The van der Waals surface area contributed by atoms with E-state index in [2.05, 4.69) is 11.6 Å². The quantitative estimate of drug-likeness (QED) is 0.669. The van der Waals surface area contributed by atoms with Gasteiger partial charge in [0.2, 0.25) is 0 Å². The van der Waals surface area contributed by atoms with Gasteiger partial charge in [0.15, 0.2) is 0 Å². The van der Waals surface area contributed by atoms with Gasteiger partial charge in [0, 0.05) is 11.6 Å². The molecule has 0 aliphatic carbocycles. The van der Waals surface area contributed by atoms with Crippen molar-refractivity contribution in [1.29, 1.82) is 0 Å². The van der Waals surface area contributed by atoms with Gasteiger partial charge in [-0.2, -0.15) is 11.8 Å². The van der Waals surface area contributed by atoms with E-state index in [-0.39, 0.29) is 11.6 Å². The fourth-order valence-electron chi connectivity index (χ4n) is 2.07. The van der Waals surface area contributed by atoms with Crippen LogP contribution < -0.4 is 5.32 Å². The maximum Gasteiger partial charge on any atom is 0.130 e. The van der Waals surface area contributed by atoms with Crippen LogP contribution in [0.3, 0.4) is 0 Å². The minimum Gasteiger partial charge on any atom is -0.310 e. The highest BCUT2D eigenvalue weighted by Crippen LogP contribution is 2.20. The SMILES string of the molecule is CSCCCCCCNC(C)c1c(F)cccc1F. The van der Waals surface area contributed by atoms with Gasteiger partial charge in [0.1, 0.15) is 11.6 Å². The summed E-state index contributed by atoms with van der Waals surface area (Å²) in [7, 11) is 0. The second-order valence-corrected chi connectivity index (χ2v) is 5.70. The molecule has 0 amide bonds. The van der Waals surface area contributed by atoms with Gasteiger partial charge in [-0.15, -0.1) is 0 Å². The van der Waals surface area contributed by atoms with Crippen molar-refractivity contribution in [2.24, 2.45) is 0 Å². The van der Waals surface area contributed by atoms with E-state index in [1.54, 1.807) is 6.92 Å². The number of thioether (sulfide) groups is 1.